The van der Waals surface area contributed by atoms with Crippen LogP contribution in [0.25, 0.3) is 0 Å². The number of hydrogen-bond donors (Lipinski definition) is 0. The smallest absolute Gasteiger partial charge is 0.125 e. The van der Waals surface area contributed by atoms with Gasteiger partial charge in [0.1, 0.15) is 31.8 Å². The molecule has 2 aromatic carbocycles. The average Bonchev–Trinajstić information content (AvgIpc) is 2.71. The highest BCUT2D eigenvalue weighted by Gasteiger charge is 2.09. The SMILES string of the molecule is C/C=C/COc1cc(C)c(OCc2ccc(C(CCCC)=NOC)cc2)c(C)c1. The monoisotopic (exact) mass is 395 g/mol. The largest absolute Gasteiger partial charge is 0.490 e. The van der Waals surface area contributed by atoms with Gasteiger partial charge in [-0.15, -0.1) is 0 Å². The highest BCUT2D eigenvalue weighted by molar-refractivity contribution is 6.00. The number of hydrogen-bond acceptors (Lipinski definition) is 4. The average molecular weight is 396 g/mol. The van der Waals surface area contributed by atoms with Gasteiger partial charge in [0.15, 0.2) is 0 Å². The Hall–Kier alpha value is -2.75. The Labute approximate surface area is 175 Å². The van der Waals surface area contributed by atoms with E-state index in [-0.39, 0.29) is 0 Å². The van der Waals surface area contributed by atoms with Gasteiger partial charge in [-0.2, -0.15) is 0 Å². The Balaban J connectivity index is 2.03. The number of aryl methyl sites for hydroxylation is 2. The minimum absolute atomic E-state index is 0.520. The minimum Gasteiger partial charge on any atom is -0.490 e. The molecule has 0 bridgehead atoms. The van der Waals surface area contributed by atoms with E-state index in [1.165, 1.54) is 0 Å². The number of allylic oxidation sites excluding steroid dienone is 1. The van der Waals surface area contributed by atoms with Crippen LogP contribution < -0.4 is 9.47 Å². The van der Waals surface area contributed by atoms with Crippen molar-refractivity contribution in [3.8, 4) is 11.5 Å². The van der Waals surface area contributed by atoms with Crippen molar-refractivity contribution in [1.29, 1.82) is 0 Å². The van der Waals surface area contributed by atoms with E-state index in [1.54, 1.807) is 7.11 Å². The second-order valence-electron chi connectivity index (χ2n) is 7.08. The summed E-state index contributed by atoms with van der Waals surface area (Å²) in [6, 6.07) is 12.4. The molecule has 0 N–H and O–H groups in total. The predicted molar refractivity (Wildman–Crippen MR) is 120 cm³/mol. The molecule has 2 aromatic rings. The predicted octanol–water partition coefficient (Wildman–Crippen LogP) is 6.38. The molecule has 156 valence electrons. The Morgan fingerprint density at radius 2 is 1.72 bits per heavy atom. The molecular formula is C25H33NO3. The zero-order chi connectivity index (χ0) is 21.1. The molecule has 0 unspecified atom stereocenters. The van der Waals surface area contributed by atoms with Crippen molar-refractivity contribution < 1.29 is 14.3 Å². The van der Waals surface area contributed by atoms with Crippen LogP contribution in [0.15, 0.2) is 53.7 Å². The molecule has 4 heteroatoms. The molecule has 0 heterocycles. The summed E-state index contributed by atoms with van der Waals surface area (Å²) in [7, 11) is 1.59. The first-order valence-electron chi connectivity index (χ1n) is 10.3. The first kappa shape index (κ1) is 22.5. The van der Waals surface area contributed by atoms with Gasteiger partial charge in [0.05, 0.1) is 5.71 Å². The fraction of sp³-hybridized carbons (Fsp3) is 0.400. The van der Waals surface area contributed by atoms with Crippen molar-refractivity contribution in [1.82, 2.24) is 0 Å². The van der Waals surface area contributed by atoms with Crippen LogP contribution in [0.2, 0.25) is 0 Å². The van der Waals surface area contributed by atoms with Crippen molar-refractivity contribution in [2.45, 2.75) is 53.6 Å². The lowest BCUT2D eigenvalue weighted by Gasteiger charge is -2.15. The minimum atomic E-state index is 0.520. The lowest BCUT2D eigenvalue weighted by atomic mass is 10.0. The quantitative estimate of drug-likeness (QED) is 0.252. The van der Waals surface area contributed by atoms with E-state index in [1.807, 2.05) is 31.2 Å². The number of ether oxygens (including phenoxy) is 2. The number of rotatable bonds is 11. The molecule has 4 nitrogen and oxygen atoms in total. The molecule has 0 aromatic heterocycles. The second-order valence-corrected chi connectivity index (χ2v) is 7.08. The van der Waals surface area contributed by atoms with E-state index in [4.69, 9.17) is 14.3 Å². The number of oxime groups is 1. The standard InChI is InChI=1S/C25H33NO3/c1-6-8-10-24(26-27-5)22-13-11-21(12-14-22)18-29-25-19(3)16-23(17-20(25)4)28-15-9-7-2/h7,9,11-14,16-17H,6,8,10,15,18H2,1-5H3/b9-7+,26-24?. The molecule has 0 amide bonds. The van der Waals surface area contributed by atoms with E-state index in [0.717, 1.165) is 58.7 Å². The molecular weight excluding hydrogens is 362 g/mol. The van der Waals surface area contributed by atoms with Crippen LogP contribution in [0.5, 0.6) is 11.5 Å². The van der Waals surface area contributed by atoms with Gasteiger partial charge < -0.3 is 14.3 Å². The van der Waals surface area contributed by atoms with Crippen LogP contribution in [-0.4, -0.2) is 19.4 Å². The van der Waals surface area contributed by atoms with E-state index in [9.17, 15) is 0 Å². The Morgan fingerprint density at radius 1 is 1.03 bits per heavy atom. The van der Waals surface area contributed by atoms with Gasteiger partial charge in [0, 0.05) is 0 Å². The third-order valence-corrected chi connectivity index (χ3v) is 4.65. The molecule has 0 aliphatic heterocycles. The molecule has 0 saturated heterocycles. The summed E-state index contributed by atoms with van der Waals surface area (Å²) >= 11 is 0. The molecule has 0 saturated carbocycles. The fourth-order valence-electron chi connectivity index (χ4n) is 3.11. The maximum absolute atomic E-state index is 6.12. The molecule has 0 fully saturated rings. The first-order chi connectivity index (χ1) is 14.1. The van der Waals surface area contributed by atoms with Gasteiger partial charge in [-0.3, -0.25) is 0 Å². The summed E-state index contributed by atoms with van der Waals surface area (Å²) in [5.41, 5.74) is 5.35. The summed E-state index contributed by atoms with van der Waals surface area (Å²) in [6.45, 7) is 9.36. The van der Waals surface area contributed by atoms with Crippen LogP contribution in [0.1, 0.15) is 55.4 Å². The normalized spacial score (nSPS) is 11.7. The van der Waals surface area contributed by atoms with E-state index >= 15 is 0 Å². The lowest BCUT2D eigenvalue weighted by molar-refractivity contribution is 0.212. The van der Waals surface area contributed by atoms with Crippen LogP contribution in [0.4, 0.5) is 0 Å². The van der Waals surface area contributed by atoms with E-state index in [0.29, 0.717) is 13.2 Å². The first-order valence-corrected chi connectivity index (χ1v) is 10.3. The third-order valence-electron chi connectivity index (χ3n) is 4.65. The Morgan fingerprint density at radius 3 is 2.31 bits per heavy atom. The molecule has 29 heavy (non-hydrogen) atoms. The second kappa shape index (κ2) is 11.9. The van der Waals surface area contributed by atoms with Gasteiger partial charge in [0.2, 0.25) is 0 Å². The molecule has 0 spiro atoms. The zero-order valence-corrected chi connectivity index (χ0v) is 18.3. The van der Waals surface area contributed by atoms with Crippen LogP contribution in [0, 0.1) is 13.8 Å². The van der Waals surface area contributed by atoms with E-state index < -0.39 is 0 Å². The zero-order valence-electron chi connectivity index (χ0n) is 18.3. The van der Waals surface area contributed by atoms with Crippen LogP contribution >= 0.6 is 0 Å². The van der Waals surface area contributed by atoms with Gasteiger partial charge >= 0.3 is 0 Å². The highest BCUT2D eigenvalue weighted by Crippen LogP contribution is 2.29. The van der Waals surface area contributed by atoms with Crippen molar-refractivity contribution in [3.63, 3.8) is 0 Å². The van der Waals surface area contributed by atoms with Crippen molar-refractivity contribution in [3.05, 3.63) is 70.8 Å². The summed E-state index contributed by atoms with van der Waals surface area (Å²) < 4.78 is 11.9. The fourth-order valence-corrected chi connectivity index (χ4v) is 3.11. The topological polar surface area (TPSA) is 40.0 Å². The summed E-state index contributed by atoms with van der Waals surface area (Å²) in [4.78, 5) is 5.01. The van der Waals surface area contributed by atoms with E-state index in [2.05, 4.69) is 50.2 Å². The Kier molecular flexibility index (Phi) is 9.29. The maximum atomic E-state index is 6.12. The van der Waals surface area contributed by atoms with Gasteiger partial charge in [-0.1, -0.05) is 54.9 Å². The molecule has 2 rings (SSSR count). The summed E-state index contributed by atoms with van der Waals surface area (Å²) in [5.74, 6) is 1.78. The summed E-state index contributed by atoms with van der Waals surface area (Å²) in [6.07, 6.45) is 7.12. The molecule has 0 radical (unpaired) electrons. The summed E-state index contributed by atoms with van der Waals surface area (Å²) in [5, 5.41) is 4.18. The van der Waals surface area contributed by atoms with Crippen LogP contribution in [0.3, 0.4) is 0 Å². The van der Waals surface area contributed by atoms with Crippen LogP contribution in [-0.2, 0) is 11.4 Å². The lowest BCUT2D eigenvalue weighted by Crippen LogP contribution is -2.04. The number of benzene rings is 2. The Bertz CT molecular complexity index is 799. The third kappa shape index (κ3) is 6.97. The number of nitrogens with zero attached hydrogens (tertiary/aromatic N) is 1. The molecule has 0 aliphatic carbocycles. The highest BCUT2D eigenvalue weighted by atomic mass is 16.6. The van der Waals surface area contributed by atoms with Gasteiger partial charge in [-0.05, 0) is 68.0 Å². The van der Waals surface area contributed by atoms with Crippen molar-refractivity contribution in [2.24, 2.45) is 5.16 Å². The molecule has 0 aliphatic rings. The molecule has 0 atom stereocenters. The van der Waals surface area contributed by atoms with Crippen molar-refractivity contribution >= 4 is 5.71 Å². The van der Waals surface area contributed by atoms with Gasteiger partial charge in [0.25, 0.3) is 0 Å². The van der Waals surface area contributed by atoms with Crippen molar-refractivity contribution in [2.75, 3.05) is 13.7 Å². The van der Waals surface area contributed by atoms with Gasteiger partial charge in [-0.25, -0.2) is 0 Å². The maximum Gasteiger partial charge on any atom is 0.125 e. The number of unbranched alkanes of at least 4 members (excludes halogenated alkanes) is 1.